The number of nitrogens with zero attached hydrogens (tertiary/aromatic N) is 1. The molecule has 1 rings (SSSR count). The van der Waals surface area contributed by atoms with Crippen LogP contribution in [0.15, 0.2) is 18.2 Å². The van der Waals surface area contributed by atoms with Gasteiger partial charge in [0.25, 0.3) is 5.69 Å². The highest BCUT2D eigenvalue weighted by molar-refractivity contribution is 5.85. The van der Waals surface area contributed by atoms with Crippen LogP contribution in [0.25, 0.3) is 0 Å². The van der Waals surface area contributed by atoms with Crippen LogP contribution in [-0.4, -0.2) is 4.92 Å². The van der Waals surface area contributed by atoms with Crippen molar-refractivity contribution in [3.8, 4) is 0 Å². The number of hydrogen-bond donors (Lipinski definition) is 1. The predicted molar refractivity (Wildman–Crippen MR) is 100 cm³/mol. The summed E-state index contributed by atoms with van der Waals surface area (Å²) in [6, 6.07) is 5.01. The van der Waals surface area contributed by atoms with Gasteiger partial charge >= 0.3 is 0 Å². The van der Waals surface area contributed by atoms with Gasteiger partial charge in [-0.15, -0.1) is 12.4 Å². The summed E-state index contributed by atoms with van der Waals surface area (Å²) < 4.78 is 0. The first-order valence-corrected chi connectivity index (χ1v) is 8.68. The minimum Gasteiger partial charge on any atom is -0.399 e. The van der Waals surface area contributed by atoms with E-state index < -0.39 is 0 Å². The fraction of sp³-hybridized carbons (Fsp3) is 0.667. The Balaban J connectivity index is 0.00000484. The van der Waals surface area contributed by atoms with Crippen LogP contribution in [0.1, 0.15) is 76.7 Å². The zero-order valence-corrected chi connectivity index (χ0v) is 15.1. The summed E-state index contributed by atoms with van der Waals surface area (Å²) in [5.41, 5.74) is 7.04. The zero-order chi connectivity index (χ0) is 16.2. The number of halogens is 1. The van der Waals surface area contributed by atoms with Crippen molar-refractivity contribution in [1.82, 2.24) is 0 Å². The van der Waals surface area contributed by atoms with Crippen LogP contribution in [0.3, 0.4) is 0 Å². The standard InChI is InChI=1S/C18H30N2O2.ClH/c1-2-3-4-5-6-7-8-9-10-11-12-16-13-14-17(19)15-18(16)20(21)22;/h13-15H,2-12,19H2,1H3;1H. The second-order valence-electron chi connectivity index (χ2n) is 6.08. The number of unbranched alkanes of at least 4 members (excludes halogenated alkanes) is 9. The van der Waals surface area contributed by atoms with Crippen LogP contribution in [0, 0.1) is 10.1 Å². The summed E-state index contributed by atoms with van der Waals surface area (Å²) in [5, 5.41) is 11.0. The zero-order valence-electron chi connectivity index (χ0n) is 14.3. The highest BCUT2D eigenvalue weighted by Gasteiger charge is 2.13. The maximum absolute atomic E-state index is 11.0. The minimum absolute atomic E-state index is 0. The molecule has 1 aromatic carbocycles. The molecule has 0 aliphatic carbocycles. The lowest BCUT2D eigenvalue weighted by atomic mass is 10.0. The molecule has 132 valence electrons. The molecule has 0 aliphatic rings. The molecule has 2 N–H and O–H groups in total. The van der Waals surface area contributed by atoms with Gasteiger partial charge in [-0.25, -0.2) is 0 Å². The van der Waals surface area contributed by atoms with E-state index in [0.717, 1.165) is 24.8 Å². The van der Waals surface area contributed by atoms with Crippen molar-refractivity contribution in [1.29, 1.82) is 0 Å². The Hall–Kier alpha value is -1.29. The van der Waals surface area contributed by atoms with Crippen molar-refractivity contribution in [2.24, 2.45) is 0 Å². The first-order chi connectivity index (χ1) is 10.6. The third kappa shape index (κ3) is 9.44. The van der Waals surface area contributed by atoms with Crippen LogP contribution in [-0.2, 0) is 6.42 Å². The van der Waals surface area contributed by atoms with Gasteiger partial charge in [0.1, 0.15) is 0 Å². The van der Waals surface area contributed by atoms with Crippen LogP contribution in [0.5, 0.6) is 0 Å². The summed E-state index contributed by atoms with van der Waals surface area (Å²) in [6.07, 6.45) is 13.5. The lowest BCUT2D eigenvalue weighted by molar-refractivity contribution is -0.385. The molecule has 0 radical (unpaired) electrons. The maximum atomic E-state index is 11.0. The van der Waals surface area contributed by atoms with Gasteiger partial charge in [-0.3, -0.25) is 10.1 Å². The molecule has 0 aromatic heterocycles. The Labute approximate surface area is 146 Å². The highest BCUT2D eigenvalue weighted by Crippen LogP contribution is 2.23. The number of nitro groups is 1. The second kappa shape index (κ2) is 13.2. The van der Waals surface area contributed by atoms with E-state index in [9.17, 15) is 10.1 Å². The molecule has 0 spiro atoms. The maximum Gasteiger partial charge on any atom is 0.274 e. The van der Waals surface area contributed by atoms with Crippen molar-refractivity contribution < 1.29 is 4.92 Å². The van der Waals surface area contributed by atoms with Gasteiger partial charge in [0, 0.05) is 17.3 Å². The largest absolute Gasteiger partial charge is 0.399 e. The lowest BCUT2D eigenvalue weighted by Gasteiger charge is -2.05. The summed E-state index contributed by atoms with van der Waals surface area (Å²) in [6.45, 7) is 2.24. The molecular weight excluding hydrogens is 312 g/mol. The van der Waals surface area contributed by atoms with Gasteiger partial charge in [-0.1, -0.05) is 70.8 Å². The van der Waals surface area contributed by atoms with Gasteiger partial charge in [0.2, 0.25) is 0 Å². The molecule has 0 unspecified atom stereocenters. The topological polar surface area (TPSA) is 69.2 Å². The number of benzene rings is 1. The normalized spacial score (nSPS) is 10.3. The van der Waals surface area contributed by atoms with E-state index >= 15 is 0 Å². The van der Waals surface area contributed by atoms with Gasteiger partial charge in [0.05, 0.1) is 4.92 Å². The third-order valence-electron chi connectivity index (χ3n) is 4.11. The number of hydrogen-bond acceptors (Lipinski definition) is 3. The second-order valence-corrected chi connectivity index (χ2v) is 6.08. The summed E-state index contributed by atoms with van der Waals surface area (Å²) in [5.74, 6) is 0. The molecule has 0 heterocycles. The van der Waals surface area contributed by atoms with E-state index in [-0.39, 0.29) is 23.0 Å². The van der Waals surface area contributed by atoms with E-state index in [0.29, 0.717) is 5.69 Å². The number of nitrogens with two attached hydrogens (primary N) is 1. The summed E-state index contributed by atoms with van der Waals surface area (Å²) >= 11 is 0. The molecule has 23 heavy (non-hydrogen) atoms. The van der Waals surface area contributed by atoms with Crippen LogP contribution in [0.4, 0.5) is 11.4 Å². The number of nitro benzene ring substituents is 1. The van der Waals surface area contributed by atoms with E-state index in [1.807, 2.05) is 0 Å². The molecule has 0 aliphatic heterocycles. The van der Waals surface area contributed by atoms with E-state index in [4.69, 9.17) is 5.73 Å². The number of rotatable bonds is 12. The monoisotopic (exact) mass is 342 g/mol. The van der Waals surface area contributed by atoms with Crippen molar-refractivity contribution in [3.05, 3.63) is 33.9 Å². The van der Waals surface area contributed by atoms with Gasteiger partial charge in [0.15, 0.2) is 0 Å². The van der Waals surface area contributed by atoms with Crippen molar-refractivity contribution in [2.45, 2.75) is 77.6 Å². The summed E-state index contributed by atoms with van der Waals surface area (Å²) in [7, 11) is 0. The Morgan fingerprint density at radius 1 is 0.957 bits per heavy atom. The van der Waals surface area contributed by atoms with Crippen molar-refractivity contribution in [3.63, 3.8) is 0 Å². The fourth-order valence-corrected chi connectivity index (χ4v) is 2.77. The quantitative estimate of drug-likeness (QED) is 0.217. The van der Waals surface area contributed by atoms with E-state index in [1.54, 1.807) is 12.1 Å². The summed E-state index contributed by atoms with van der Waals surface area (Å²) in [4.78, 5) is 10.7. The molecule has 0 atom stereocenters. The fourth-order valence-electron chi connectivity index (χ4n) is 2.77. The smallest absolute Gasteiger partial charge is 0.274 e. The Bertz CT molecular complexity index is 453. The molecule has 0 saturated heterocycles. The Kier molecular flexibility index (Phi) is 12.4. The average molecular weight is 343 g/mol. The van der Waals surface area contributed by atoms with Crippen LogP contribution in [0.2, 0.25) is 0 Å². The molecule has 4 nitrogen and oxygen atoms in total. The van der Waals surface area contributed by atoms with Crippen LogP contribution < -0.4 is 5.73 Å². The molecule has 0 fully saturated rings. The van der Waals surface area contributed by atoms with Gasteiger partial charge in [-0.05, 0) is 18.9 Å². The Morgan fingerprint density at radius 3 is 2.00 bits per heavy atom. The number of nitrogen functional groups attached to an aromatic ring is 1. The first kappa shape index (κ1) is 21.7. The molecular formula is C18H31ClN2O2. The van der Waals surface area contributed by atoms with E-state index in [2.05, 4.69) is 6.92 Å². The SMILES string of the molecule is CCCCCCCCCCCCc1ccc(N)cc1[N+](=O)[O-].Cl. The predicted octanol–water partition coefficient (Wildman–Crippen LogP) is 6.06. The van der Waals surface area contributed by atoms with Crippen molar-refractivity contribution >= 4 is 23.8 Å². The third-order valence-corrected chi connectivity index (χ3v) is 4.11. The van der Waals surface area contributed by atoms with Crippen LogP contribution >= 0.6 is 12.4 Å². The molecule has 5 heteroatoms. The molecule has 0 bridgehead atoms. The number of anilines is 1. The van der Waals surface area contributed by atoms with Crippen molar-refractivity contribution in [2.75, 3.05) is 5.73 Å². The molecule has 0 saturated carbocycles. The average Bonchev–Trinajstić information content (AvgIpc) is 2.50. The first-order valence-electron chi connectivity index (χ1n) is 8.68. The van der Waals surface area contributed by atoms with Gasteiger partial charge < -0.3 is 5.73 Å². The number of aryl methyl sites for hydroxylation is 1. The van der Waals surface area contributed by atoms with Gasteiger partial charge in [-0.2, -0.15) is 0 Å². The van der Waals surface area contributed by atoms with E-state index in [1.165, 1.54) is 57.4 Å². The minimum atomic E-state index is -0.331. The molecule has 1 aromatic rings. The molecule has 0 amide bonds. The highest BCUT2D eigenvalue weighted by atomic mass is 35.5. The lowest BCUT2D eigenvalue weighted by Crippen LogP contribution is -1.97. The Morgan fingerprint density at radius 2 is 1.48 bits per heavy atom.